The fourth-order valence-corrected chi connectivity index (χ4v) is 5.00. The second kappa shape index (κ2) is 7.82. The highest BCUT2D eigenvalue weighted by Crippen LogP contribution is 2.18. The number of benzene rings is 1. The van der Waals surface area contributed by atoms with Crippen molar-refractivity contribution in [3.63, 3.8) is 0 Å². The van der Waals surface area contributed by atoms with E-state index in [1.807, 2.05) is 35.4 Å². The highest BCUT2D eigenvalue weighted by Gasteiger charge is 2.29. The molecule has 1 aromatic carbocycles. The SMILES string of the molecule is Cc1ccc(S(=O)(=O)N2CCN(C(=S)NCc3cccs3)CC2)cc1. The molecule has 1 N–H and O–H groups in total. The number of hydrogen-bond donors (Lipinski definition) is 1. The molecule has 1 fully saturated rings. The zero-order valence-electron chi connectivity index (χ0n) is 14.0. The predicted molar refractivity (Wildman–Crippen MR) is 105 cm³/mol. The molecule has 134 valence electrons. The van der Waals surface area contributed by atoms with Crippen LogP contribution in [0, 0.1) is 6.92 Å². The first-order chi connectivity index (χ1) is 12.0. The monoisotopic (exact) mass is 395 g/mol. The van der Waals surface area contributed by atoms with E-state index < -0.39 is 10.0 Å². The third-order valence-corrected chi connectivity index (χ3v) is 7.37. The summed E-state index contributed by atoms with van der Waals surface area (Å²) < 4.78 is 27.0. The summed E-state index contributed by atoms with van der Waals surface area (Å²) in [7, 11) is -3.43. The van der Waals surface area contributed by atoms with Gasteiger partial charge in [0.05, 0.1) is 11.4 Å². The van der Waals surface area contributed by atoms with Crippen LogP contribution in [0.2, 0.25) is 0 Å². The van der Waals surface area contributed by atoms with Crippen molar-refractivity contribution in [1.29, 1.82) is 0 Å². The standard InChI is InChI=1S/C17H21N3O2S3/c1-14-4-6-16(7-5-14)25(21,22)20-10-8-19(9-11-20)17(23)18-13-15-3-2-12-24-15/h2-7,12H,8-11,13H2,1H3,(H,18,23). The summed E-state index contributed by atoms with van der Waals surface area (Å²) >= 11 is 7.12. The van der Waals surface area contributed by atoms with Gasteiger partial charge in [0.25, 0.3) is 0 Å². The highest BCUT2D eigenvalue weighted by molar-refractivity contribution is 7.89. The van der Waals surface area contributed by atoms with Crippen LogP contribution in [0.3, 0.4) is 0 Å². The molecule has 0 spiro atoms. The summed E-state index contributed by atoms with van der Waals surface area (Å²) in [6, 6.07) is 11.1. The minimum atomic E-state index is -3.43. The zero-order chi connectivity index (χ0) is 17.9. The van der Waals surface area contributed by atoms with Gasteiger partial charge in [-0.15, -0.1) is 11.3 Å². The lowest BCUT2D eigenvalue weighted by Gasteiger charge is -2.35. The minimum absolute atomic E-state index is 0.352. The Balaban J connectivity index is 1.55. The van der Waals surface area contributed by atoms with Crippen molar-refractivity contribution in [2.75, 3.05) is 26.2 Å². The van der Waals surface area contributed by atoms with Crippen LogP contribution in [0.25, 0.3) is 0 Å². The largest absolute Gasteiger partial charge is 0.358 e. The van der Waals surface area contributed by atoms with Crippen molar-refractivity contribution in [2.45, 2.75) is 18.4 Å². The van der Waals surface area contributed by atoms with E-state index in [2.05, 4.69) is 11.4 Å². The molecule has 5 nitrogen and oxygen atoms in total. The number of nitrogens with zero attached hydrogens (tertiary/aromatic N) is 2. The number of thiophene rings is 1. The Kier molecular flexibility index (Phi) is 5.73. The van der Waals surface area contributed by atoms with Crippen molar-refractivity contribution < 1.29 is 8.42 Å². The highest BCUT2D eigenvalue weighted by atomic mass is 32.2. The molecule has 0 atom stereocenters. The Morgan fingerprint density at radius 2 is 1.84 bits per heavy atom. The number of aryl methyl sites for hydroxylation is 1. The first-order valence-electron chi connectivity index (χ1n) is 8.09. The summed E-state index contributed by atoms with van der Waals surface area (Å²) in [6.07, 6.45) is 0. The Morgan fingerprint density at radius 3 is 2.44 bits per heavy atom. The first kappa shape index (κ1) is 18.3. The molecule has 1 aliphatic heterocycles. The van der Waals surface area contributed by atoms with Gasteiger partial charge in [0, 0.05) is 31.1 Å². The Labute approximate surface area is 158 Å². The average molecular weight is 396 g/mol. The maximum atomic E-state index is 12.7. The number of hydrogen-bond acceptors (Lipinski definition) is 4. The molecule has 1 aliphatic rings. The van der Waals surface area contributed by atoms with Gasteiger partial charge in [-0.25, -0.2) is 8.42 Å². The molecule has 0 unspecified atom stereocenters. The summed E-state index contributed by atoms with van der Waals surface area (Å²) in [5, 5.41) is 5.96. The van der Waals surface area contributed by atoms with E-state index in [0.717, 1.165) is 5.56 Å². The van der Waals surface area contributed by atoms with Crippen LogP contribution in [0.1, 0.15) is 10.4 Å². The summed E-state index contributed by atoms with van der Waals surface area (Å²) in [5.74, 6) is 0. The molecule has 2 aromatic rings. The predicted octanol–water partition coefficient (Wildman–Crippen LogP) is 2.44. The smallest absolute Gasteiger partial charge is 0.243 e. The Bertz CT molecular complexity index is 809. The van der Waals surface area contributed by atoms with Crippen molar-refractivity contribution in [2.24, 2.45) is 0 Å². The quantitative estimate of drug-likeness (QED) is 0.806. The molecule has 25 heavy (non-hydrogen) atoms. The van der Waals surface area contributed by atoms with Gasteiger partial charge in [-0.1, -0.05) is 23.8 Å². The topological polar surface area (TPSA) is 52.7 Å². The molecule has 3 rings (SSSR count). The second-order valence-corrected chi connectivity index (χ2v) is 9.30. The second-order valence-electron chi connectivity index (χ2n) is 5.94. The van der Waals surface area contributed by atoms with Crippen molar-refractivity contribution >= 4 is 38.7 Å². The van der Waals surface area contributed by atoms with Gasteiger partial charge in [0.2, 0.25) is 10.0 Å². The van der Waals surface area contributed by atoms with Crippen molar-refractivity contribution in [3.8, 4) is 0 Å². The van der Waals surface area contributed by atoms with Gasteiger partial charge < -0.3 is 10.2 Å². The molecule has 2 heterocycles. The molecule has 1 aromatic heterocycles. The normalized spacial score (nSPS) is 16.0. The fourth-order valence-electron chi connectivity index (χ4n) is 2.68. The molecule has 1 saturated heterocycles. The van der Waals surface area contributed by atoms with Crippen LogP contribution < -0.4 is 5.32 Å². The third-order valence-electron chi connectivity index (χ3n) is 4.18. The molecule has 0 radical (unpaired) electrons. The molecule has 8 heteroatoms. The molecular weight excluding hydrogens is 374 g/mol. The van der Waals surface area contributed by atoms with Crippen LogP contribution >= 0.6 is 23.6 Å². The lowest BCUT2D eigenvalue weighted by molar-refractivity contribution is 0.264. The maximum absolute atomic E-state index is 12.7. The van der Waals surface area contributed by atoms with Crippen molar-refractivity contribution in [3.05, 3.63) is 52.2 Å². The number of rotatable bonds is 4. The summed E-state index contributed by atoms with van der Waals surface area (Å²) in [6.45, 7) is 4.73. The first-order valence-corrected chi connectivity index (χ1v) is 10.8. The van der Waals surface area contributed by atoms with E-state index >= 15 is 0 Å². The van der Waals surface area contributed by atoms with E-state index in [-0.39, 0.29) is 0 Å². The number of thiocarbonyl (C=S) groups is 1. The van der Waals surface area contributed by atoms with Gasteiger partial charge in [-0.2, -0.15) is 4.31 Å². The summed E-state index contributed by atoms with van der Waals surface area (Å²) in [4.78, 5) is 3.61. The van der Waals surface area contributed by atoms with Crippen LogP contribution in [0.15, 0.2) is 46.7 Å². The minimum Gasteiger partial charge on any atom is -0.358 e. The van der Waals surface area contributed by atoms with E-state index in [1.54, 1.807) is 23.5 Å². The van der Waals surface area contributed by atoms with Gasteiger partial charge in [0.15, 0.2) is 5.11 Å². The zero-order valence-corrected chi connectivity index (χ0v) is 16.5. The van der Waals surface area contributed by atoms with E-state index in [1.165, 1.54) is 9.18 Å². The number of sulfonamides is 1. The summed E-state index contributed by atoms with van der Waals surface area (Å²) in [5.41, 5.74) is 1.05. The molecule has 0 bridgehead atoms. The molecule has 0 amide bonds. The van der Waals surface area contributed by atoms with Crippen LogP contribution in [-0.4, -0.2) is 48.9 Å². The number of nitrogens with one attached hydrogen (secondary N) is 1. The molecule has 0 aliphatic carbocycles. The van der Waals surface area contributed by atoms with Crippen LogP contribution in [0.4, 0.5) is 0 Å². The van der Waals surface area contributed by atoms with E-state index in [9.17, 15) is 8.42 Å². The lowest BCUT2D eigenvalue weighted by atomic mass is 10.2. The van der Waals surface area contributed by atoms with Gasteiger partial charge in [-0.05, 0) is 42.7 Å². The van der Waals surface area contributed by atoms with E-state index in [0.29, 0.717) is 42.7 Å². The lowest BCUT2D eigenvalue weighted by Crippen LogP contribution is -2.52. The molecule has 0 saturated carbocycles. The maximum Gasteiger partial charge on any atom is 0.243 e. The van der Waals surface area contributed by atoms with Gasteiger partial charge >= 0.3 is 0 Å². The third kappa shape index (κ3) is 4.38. The van der Waals surface area contributed by atoms with Gasteiger partial charge in [-0.3, -0.25) is 0 Å². The Morgan fingerprint density at radius 1 is 1.16 bits per heavy atom. The van der Waals surface area contributed by atoms with Crippen LogP contribution in [-0.2, 0) is 16.6 Å². The number of piperazine rings is 1. The van der Waals surface area contributed by atoms with E-state index in [4.69, 9.17) is 12.2 Å². The van der Waals surface area contributed by atoms with Crippen molar-refractivity contribution in [1.82, 2.24) is 14.5 Å². The van der Waals surface area contributed by atoms with Gasteiger partial charge in [0.1, 0.15) is 0 Å². The Hall–Kier alpha value is -1.48. The molecular formula is C17H21N3O2S3. The van der Waals surface area contributed by atoms with Crippen LogP contribution in [0.5, 0.6) is 0 Å². The average Bonchev–Trinajstić information content (AvgIpc) is 3.14. The fraction of sp³-hybridized carbons (Fsp3) is 0.353.